The molecule has 0 aliphatic carbocycles. The molecule has 8 heteroatoms. The van der Waals surface area contributed by atoms with Gasteiger partial charge < -0.3 is 14.8 Å². The first-order valence-electron chi connectivity index (χ1n) is 9.67. The summed E-state index contributed by atoms with van der Waals surface area (Å²) in [7, 11) is 1.48. The van der Waals surface area contributed by atoms with E-state index >= 15 is 0 Å². The van der Waals surface area contributed by atoms with Crippen LogP contribution < -0.4 is 15.0 Å². The van der Waals surface area contributed by atoms with Gasteiger partial charge in [-0.3, -0.25) is 14.4 Å². The molecule has 1 aliphatic heterocycles. The van der Waals surface area contributed by atoms with E-state index < -0.39 is 30.3 Å². The Morgan fingerprint density at radius 2 is 1.53 bits per heavy atom. The van der Waals surface area contributed by atoms with E-state index in [0.717, 1.165) is 4.90 Å². The van der Waals surface area contributed by atoms with E-state index in [1.54, 1.807) is 54.6 Å². The third kappa shape index (κ3) is 3.93. The van der Waals surface area contributed by atoms with Crippen LogP contribution >= 0.6 is 0 Å². The molecule has 3 aromatic carbocycles. The van der Waals surface area contributed by atoms with Gasteiger partial charge in [0, 0.05) is 0 Å². The van der Waals surface area contributed by atoms with E-state index in [1.165, 1.54) is 25.3 Å². The second-order valence-corrected chi connectivity index (χ2v) is 6.87. The summed E-state index contributed by atoms with van der Waals surface area (Å²) in [5.74, 6) is -1.77. The number of esters is 1. The van der Waals surface area contributed by atoms with E-state index in [1.807, 2.05) is 0 Å². The monoisotopic (exact) mass is 430 g/mol. The fourth-order valence-corrected chi connectivity index (χ4v) is 3.34. The number of nitrogens with one attached hydrogen (secondary N) is 1. The number of carbonyl (C=O) groups is 4. The molecule has 3 amide bonds. The van der Waals surface area contributed by atoms with Gasteiger partial charge >= 0.3 is 5.97 Å². The summed E-state index contributed by atoms with van der Waals surface area (Å²) in [6.45, 7) is -0.520. The van der Waals surface area contributed by atoms with Gasteiger partial charge in [-0.25, -0.2) is 9.69 Å². The number of amides is 3. The Bertz CT molecular complexity index is 1200. The van der Waals surface area contributed by atoms with Gasteiger partial charge in [0.25, 0.3) is 17.7 Å². The van der Waals surface area contributed by atoms with Crippen LogP contribution in [0.2, 0.25) is 0 Å². The van der Waals surface area contributed by atoms with E-state index in [0.29, 0.717) is 22.6 Å². The molecule has 1 N–H and O–H groups in total. The van der Waals surface area contributed by atoms with Crippen molar-refractivity contribution in [3.8, 4) is 5.75 Å². The third-order valence-corrected chi connectivity index (χ3v) is 4.85. The maximum Gasteiger partial charge on any atom is 0.338 e. The van der Waals surface area contributed by atoms with E-state index in [9.17, 15) is 19.2 Å². The number of fused-ring (bicyclic) bond motifs is 1. The molecule has 32 heavy (non-hydrogen) atoms. The molecule has 8 nitrogen and oxygen atoms in total. The number of nitrogens with zero attached hydrogens (tertiary/aromatic N) is 1. The predicted molar refractivity (Wildman–Crippen MR) is 116 cm³/mol. The third-order valence-electron chi connectivity index (χ3n) is 4.85. The van der Waals surface area contributed by atoms with Gasteiger partial charge in [-0.15, -0.1) is 0 Å². The summed E-state index contributed by atoms with van der Waals surface area (Å²) in [6, 6.07) is 19.3. The number of rotatable bonds is 6. The maximum absolute atomic E-state index is 12.7. The van der Waals surface area contributed by atoms with Crippen LogP contribution in [-0.2, 0) is 9.53 Å². The molecule has 0 fully saturated rings. The summed E-state index contributed by atoms with van der Waals surface area (Å²) in [5.41, 5.74) is 1.40. The molecule has 1 aliphatic rings. The van der Waals surface area contributed by atoms with Crippen LogP contribution in [0.5, 0.6) is 5.75 Å². The number of methoxy groups -OCH3 is 1. The minimum Gasteiger partial charge on any atom is -0.495 e. The molecule has 0 radical (unpaired) electrons. The Hall–Kier alpha value is -4.46. The topological polar surface area (TPSA) is 102 Å². The molecule has 0 atom stereocenters. The minimum absolute atomic E-state index is 0.101. The largest absolute Gasteiger partial charge is 0.495 e. The fraction of sp³-hybridized carbons (Fsp3) is 0.0833. The fourth-order valence-electron chi connectivity index (χ4n) is 3.34. The summed E-state index contributed by atoms with van der Waals surface area (Å²) in [5, 5.41) is 2.61. The van der Waals surface area contributed by atoms with Crippen LogP contribution in [0.4, 0.5) is 11.4 Å². The molecule has 0 saturated carbocycles. The molecule has 160 valence electrons. The van der Waals surface area contributed by atoms with Crippen molar-refractivity contribution in [2.24, 2.45) is 0 Å². The lowest BCUT2D eigenvalue weighted by Gasteiger charge is -2.15. The summed E-state index contributed by atoms with van der Waals surface area (Å²) >= 11 is 0. The Morgan fingerprint density at radius 3 is 2.22 bits per heavy atom. The van der Waals surface area contributed by atoms with Crippen LogP contribution in [0.15, 0.2) is 72.8 Å². The van der Waals surface area contributed by atoms with Crippen molar-refractivity contribution in [2.75, 3.05) is 23.9 Å². The summed E-state index contributed by atoms with van der Waals surface area (Å²) in [4.78, 5) is 50.9. The molecule has 0 aromatic heterocycles. The molecular formula is C24H18N2O6. The van der Waals surface area contributed by atoms with E-state index in [4.69, 9.17) is 9.47 Å². The van der Waals surface area contributed by atoms with Crippen LogP contribution in [0.1, 0.15) is 31.1 Å². The van der Waals surface area contributed by atoms with Crippen molar-refractivity contribution in [1.82, 2.24) is 0 Å². The normalized spacial score (nSPS) is 12.3. The zero-order chi connectivity index (χ0) is 22.7. The zero-order valence-corrected chi connectivity index (χ0v) is 17.0. The van der Waals surface area contributed by atoms with Crippen LogP contribution in [0, 0.1) is 0 Å². The summed E-state index contributed by atoms with van der Waals surface area (Å²) < 4.78 is 10.3. The van der Waals surface area contributed by atoms with Gasteiger partial charge in [-0.2, -0.15) is 0 Å². The lowest BCUT2D eigenvalue weighted by atomic mass is 10.1. The number of hydrogen-bond donors (Lipinski definition) is 1. The van der Waals surface area contributed by atoms with E-state index in [-0.39, 0.29) is 11.3 Å². The van der Waals surface area contributed by atoms with Crippen molar-refractivity contribution >= 4 is 35.1 Å². The number of ether oxygens (including phenoxy) is 2. The minimum atomic E-state index is -0.765. The summed E-state index contributed by atoms with van der Waals surface area (Å²) in [6.07, 6.45) is 0. The lowest BCUT2D eigenvalue weighted by Crippen LogP contribution is -2.29. The van der Waals surface area contributed by atoms with Gasteiger partial charge in [0.05, 0.1) is 35.2 Å². The highest BCUT2D eigenvalue weighted by Gasteiger charge is 2.36. The number of hydrogen-bond acceptors (Lipinski definition) is 6. The highest BCUT2D eigenvalue weighted by Crippen LogP contribution is 2.29. The average Bonchev–Trinajstić information content (AvgIpc) is 3.08. The highest BCUT2D eigenvalue weighted by atomic mass is 16.5. The second-order valence-electron chi connectivity index (χ2n) is 6.87. The van der Waals surface area contributed by atoms with Crippen LogP contribution in [0.3, 0.4) is 0 Å². The van der Waals surface area contributed by atoms with Gasteiger partial charge in [-0.05, 0) is 42.5 Å². The van der Waals surface area contributed by atoms with Gasteiger partial charge in [0.15, 0.2) is 6.61 Å². The average molecular weight is 430 g/mol. The van der Waals surface area contributed by atoms with Gasteiger partial charge in [0.2, 0.25) is 0 Å². The second kappa shape index (κ2) is 8.73. The molecule has 0 spiro atoms. The smallest absolute Gasteiger partial charge is 0.338 e. The maximum atomic E-state index is 12.7. The van der Waals surface area contributed by atoms with Crippen molar-refractivity contribution in [3.63, 3.8) is 0 Å². The van der Waals surface area contributed by atoms with E-state index in [2.05, 4.69) is 5.32 Å². The number of imide groups is 1. The number of carbonyl (C=O) groups excluding carboxylic acids is 4. The van der Waals surface area contributed by atoms with Crippen LogP contribution in [0.25, 0.3) is 0 Å². The van der Waals surface area contributed by atoms with Gasteiger partial charge in [-0.1, -0.05) is 30.3 Å². The Morgan fingerprint density at radius 1 is 0.875 bits per heavy atom. The molecule has 0 saturated heterocycles. The number of anilines is 2. The molecule has 4 rings (SSSR count). The molecule has 0 unspecified atom stereocenters. The van der Waals surface area contributed by atoms with Crippen molar-refractivity contribution in [2.45, 2.75) is 0 Å². The highest BCUT2D eigenvalue weighted by molar-refractivity contribution is 6.34. The van der Waals surface area contributed by atoms with Crippen molar-refractivity contribution in [3.05, 3.63) is 89.5 Å². The predicted octanol–water partition coefficient (Wildman–Crippen LogP) is 3.29. The molecule has 0 bridgehead atoms. The standard InChI is InChI=1S/C24H18N2O6/c1-31-20-12-5-4-11-19(20)25-21(27)14-32-24(30)15-7-6-8-16(13-15)26-22(28)17-9-2-3-10-18(17)23(26)29/h2-13H,14H2,1H3,(H,25,27). The lowest BCUT2D eigenvalue weighted by molar-refractivity contribution is -0.119. The first-order chi connectivity index (χ1) is 15.5. The zero-order valence-electron chi connectivity index (χ0n) is 17.0. The van der Waals surface area contributed by atoms with Crippen molar-refractivity contribution in [1.29, 1.82) is 0 Å². The first kappa shape index (κ1) is 20.8. The number of para-hydroxylation sites is 2. The Kier molecular flexibility index (Phi) is 5.67. The number of benzene rings is 3. The van der Waals surface area contributed by atoms with Crippen LogP contribution in [-0.4, -0.2) is 37.4 Å². The first-order valence-corrected chi connectivity index (χ1v) is 9.67. The van der Waals surface area contributed by atoms with Crippen molar-refractivity contribution < 1.29 is 28.7 Å². The SMILES string of the molecule is COc1ccccc1NC(=O)COC(=O)c1cccc(N2C(=O)c3ccccc3C2=O)c1. The quantitative estimate of drug-likeness (QED) is 0.476. The van der Waals surface area contributed by atoms with Gasteiger partial charge in [0.1, 0.15) is 5.75 Å². The Labute approximate surface area is 183 Å². The molecule has 1 heterocycles. The Balaban J connectivity index is 1.44. The molecule has 3 aromatic rings. The molecular weight excluding hydrogens is 412 g/mol.